The maximum absolute atomic E-state index is 13.1. The smallest absolute Gasteiger partial charge is 0.497 e. The number of nitrogens with zero attached hydrogens (tertiary/aromatic N) is 5. The lowest BCUT2D eigenvalue weighted by Gasteiger charge is -2.27. The number of rotatable bonds is 12. The number of hydrogen-bond donors (Lipinski definition) is 5. The summed E-state index contributed by atoms with van der Waals surface area (Å²) >= 11 is 0. The molecule has 46 heavy (non-hydrogen) atoms. The van der Waals surface area contributed by atoms with Gasteiger partial charge in [0.1, 0.15) is 5.75 Å². The zero-order valence-corrected chi connectivity index (χ0v) is 24.7. The van der Waals surface area contributed by atoms with Gasteiger partial charge in [-0.3, -0.25) is 9.69 Å². The lowest BCUT2D eigenvalue weighted by atomic mass is 10.1. The Kier molecular flexibility index (Phi) is 9.78. The van der Waals surface area contributed by atoms with Crippen molar-refractivity contribution in [2.45, 2.75) is 25.8 Å². The number of anilines is 3. The van der Waals surface area contributed by atoms with E-state index >= 15 is 0 Å². The van der Waals surface area contributed by atoms with E-state index in [9.17, 15) is 27.6 Å². The Hall–Kier alpha value is -5.07. The van der Waals surface area contributed by atoms with Crippen LogP contribution in [-0.4, -0.2) is 88.5 Å². The van der Waals surface area contributed by atoms with Gasteiger partial charge in [0.15, 0.2) is 0 Å². The number of quaternary nitrogens is 1. The molecule has 1 unspecified atom stereocenters. The Bertz CT molecular complexity index is 1550. The molecule has 2 aromatic carbocycles. The minimum Gasteiger partial charge on any atom is -0.497 e. The molecule has 1 atom stereocenters. The molecule has 2 aliphatic heterocycles. The Morgan fingerprint density at radius 2 is 1.43 bits per heavy atom. The van der Waals surface area contributed by atoms with Gasteiger partial charge < -0.3 is 20.7 Å². The van der Waals surface area contributed by atoms with E-state index in [1.54, 1.807) is 31.4 Å². The van der Waals surface area contributed by atoms with Gasteiger partial charge in [-0.25, -0.2) is 14.9 Å². The summed E-state index contributed by atoms with van der Waals surface area (Å²) in [7, 11) is 1.54. The number of carbonyl (C=O) groups excluding carboxylic acids is 3. The molecular weight excluding hydrogens is 613 g/mol. The predicted octanol–water partition coefficient (Wildman–Crippen LogP) is 1.92. The average Bonchev–Trinajstić information content (AvgIpc) is 3.31. The number of hydrogen-bond acceptors (Lipinski definition) is 13. The normalized spacial score (nSPS) is 18.5. The van der Waals surface area contributed by atoms with Gasteiger partial charge in [0.2, 0.25) is 18.4 Å². The van der Waals surface area contributed by atoms with Crippen molar-refractivity contribution in [1.29, 1.82) is 0 Å². The third-order valence-corrected chi connectivity index (χ3v) is 7.03. The number of nitrogens with one attached hydrogen (secondary N) is 5. The number of urea groups is 1. The van der Waals surface area contributed by atoms with Crippen LogP contribution in [-0.2, 0) is 34.1 Å². The number of piperazine rings is 1. The summed E-state index contributed by atoms with van der Waals surface area (Å²) in [5.41, 5.74) is 5.13. The SMILES string of the molecule is COc1ccc(CNc2nc(NCc3ccc(CN4CCNCC4)cc3)nc(N[N+]3(OC(=O)C(F)(F)F)CC(=O)NC3=O)n2)cc1. The second-order valence-electron chi connectivity index (χ2n) is 10.4. The largest absolute Gasteiger partial charge is 0.497 e. The van der Waals surface area contributed by atoms with Crippen molar-refractivity contribution in [3.05, 3.63) is 65.2 Å². The van der Waals surface area contributed by atoms with Crippen LogP contribution in [0.5, 0.6) is 5.75 Å². The number of hydroxylamine groups is 2. The highest BCUT2D eigenvalue weighted by Gasteiger charge is 2.58. The first kappa shape index (κ1) is 32.3. The van der Waals surface area contributed by atoms with Crippen molar-refractivity contribution < 1.29 is 41.9 Å². The van der Waals surface area contributed by atoms with Gasteiger partial charge in [-0.2, -0.15) is 32.9 Å². The van der Waals surface area contributed by atoms with Crippen LogP contribution in [0.3, 0.4) is 0 Å². The number of amides is 3. The highest BCUT2D eigenvalue weighted by Crippen LogP contribution is 2.24. The fourth-order valence-electron chi connectivity index (χ4n) is 4.64. The maximum Gasteiger partial charge on any atom is 0.497 e. The molecule has 3 amide bonds. The van der Waals surface area contributed by atoms with Crippen LogP contribution in [0.15, 0.2) is 48.5 Å². The van der Waals surface area contributed by atoms with E-state index in [1.807, 2.05) is 29.6 Å². The number of halogens is 3. The van der Waals surface area contributed by atoms with Gasteiger partial charge in [-0.15, -0.1) is 5.43 Å². The molecule has 18 heteroatoms. The van der Waals surface area contributed by atoms with Crippen LogP contribution < -0.4 is 31.4 Å². The standard InChI is InChI=1S/C28H31F3N10O5/c1-45-21-8-6-19(7-9-21)15-34-25-36-24(33-14-18-2-4-20(5-3-18)16-40-12-10-32-11-13-40)37-26(38-25)39-41(17-22(42)35-27(41)44)46-23(43)28(29,30)31/h2-9,32H,10-17H2,1H3,(H3-,33,34,35,36,37,38,39,42,44)/p+1. The molecule has 0 saturated carbocycles. The highest BCUT2D eigenvalue weighted by molar-refractivity contribution is 5.97. The molecule has 15 nitrogen and oxygen atoms in total. The number of methoxy groups -OCH3 is 1. The molecule has 0 radical (unpaired) electrons. The van der Waals surface area contributed by atoms with Gasteiger partial charge in [0, 0.05) is 45.8 Å². The van der Waals surface area contributed by atoms with Crippen molar-refractivity contribution >= 4 is 35.8 Å². The Labute approximate surface area is 261 Å². The van der Waals surface area contributed by atoms with E-state index in [2.05, 4.69) is 46.1 Å². The molecular formula is C28H32F3N10O5+. The third kappa shape index (κ3) is 8.34. The number of imide groups is 1. The number of aromatic nitrogens is 3. The number of alkyl halides is 3. The van der Waals surface area contributed by atoms with Gasteiger partial charge in [0.05, 0.1) is 11.9 Å². The topological polar surface area (TPSA) is 172 Å². The summed E-state index contributed by atoms with van der Waals surface area (Å²) in [6, 6.07) is 13.7. The first-order valence-electron chi connectivity index (χ1n) is 14.2. The van der Waals surface area contributed by atoms with Crippen LogP contribution >= 0.6 is 0 Å². The molecule has 244 valence electrons. The lowest BCUT2D eigenvalue weighted by Crippen LogP contribution is -2.57. The van der Waals surface area contributed by atoms with Crippen molar-refractivity contribution in [3.8, 4) is 5.75 Å². The second kappa shape index (κ2) is 13.9. The molecule has 2 fully saturated rings. The van der Waals surface area contributed by atoms with Crippen molar-refractivity contribution in [2.75, 3.05) is 55.9 Å². The van der Waals surface area contributed by atoms with Crippen LogP contribution in [0.2, 0.25) is 0 Å². The summed E-state index contributed by atoms with van der Waals surface area (Å²) in [5, 5.41) is 11.2. The van der Waals surface area contributed by atoms with E-state index in [-0.39, 0.29) is 25.0 Å². The molecule has 0 aliphatic carbocycles. The molecule has 5 N–H and O–H groups in total. The summed E-state index contributed by atoms with van der Waals surface area (Å²) in [4.78, 5) is 55.7. The second-order valence-corrected chi connectivity index (χ2v) is 10.4. The van der Waals surface area contributed by atoms with Gasteiger partial charge >= 0.3 is 18.2 Å². The van der Waals surface area contributed by atoms with Gasteiger partial charge in [0.25, 0.3) is 11.9 Å². The Morgan fingerprint density at radius 1 is 0.891 bits per heavy atom. The van der Waals surface area contributed by atoms with Crippen molar-refractivity contribution in [3.63, 3.8) is 0 Å². The molecule has 0 bridgehead atoms. The fourth-order valence-corrected chi connectivity index (χ4v) is 4.64. The molecule has 2 aliphatic rings. The van der Waals surface area contributed by atoms with Gasteiger partial charge in [-0.1, -0.05) is 36.4 Å². The molecule has 1 aromatic heterocycles. The van der Waals surface area contributed by atoms with E-state index < -0.39 is 41.3 Å². The zero-order valence-electron chi connectivity index (χ0n) is 24.7. The fraction of sp³-hybridized carbons (Fsp3) is 0.357. The number of benzene rings is 2. The van der Waals surface area contributed by atoms with Crippen molar-refractivity contribution in [2.24, 2.45) is 0 Å². The molecule has 5 rings (SSSR count). The molecule has 3 heterocycles. The summed E-state index contributed by atoms with van der Waals surface area (Å²) < 4.78 is 42.5. The molecule has 2 saturated heterocycles. The average molecular weight is 646 g/mol. The van der Waals surface area contributed by atoms with Crippen LogP contribution in [0.25, 0.3) is 0 Å². The quantitative estimate of drug-likeness (QED) is 0.143. The van der Waals surface area contributed by atoms with Gasteiger partial charge in [-0.05, 0) is 28.8 Å². The van der Waals surface area contributed by atoms with Crippen LogP contribution in [0, 0.1) is 0 Å². The van der Waals surface area contributed by atoms with E-state index in [0.717, 1.165) is 49.4 Å². The Morgan fingerprint density at radius 3 is 1.96 bits per heavy atom. The first-order valence-corrected chi connectivity index (χ1v) is 14.2. The molecule has 0 spiro atoms. The number of carbonyl (C=O) groups is 3. The van der Waals surface area contributed by atoms with Crippen molar-refractivity contribution in [1.82, 2.24) is 30.5 Å². The zero-order chi connectivity index (χ0) is 32.7. The minimum atomic E-state index is -5.45. The maximum atomic E-state index is 13.1. The third-order valence-electron chi connectivity index (χ3n) is 7.03. The lowest BCUT2D eigenvalue weighted by molar-refractivity contribution is -0.997. The van der Waals surface area contributed by atoms with E-state index in [4.69, 9.17) is 4.74 Å². The summed E-state index contributed by atoms with van der Waals surface area (Å²) in [5.74, 6) is -3.55. The highest BCUT2D eigenvalue weighted by atomic mass is 19.4. The predicted molar refractivity (Wildman–Crippen MR) is 156 cm³/mol. The molecule has 3 aromatic rings. The minimum absolute atomic E-state index is 0.0224. The van der Waals surface area contributed by atoms with Crippen LogP contribution in [0.4, 0.5) is 35.8 Å². The first-order chi connectivity index (χ1) is 22.0. The van der Waals surface area contributed by atoms with E-state index in [1.165, 1.54) is 0 Å². The number of ether oxygens (including phenoxy) is 1. The van der Waals surface area contributed by atoms with E-state index in [0.29, 0.717) is 5.75 Å². The summed E-state index contributed by atoms with van der Waals surface area (Å²) in [6.45, 7) is 4.17. The monoisotopic (exact) mass is 645 g/mol. The Balaban J connectivity index is 1.35. The summed E-state index contributed by atoms with van der Waals surface area (Å²) in [6.07, 6.45) is -5.45. The van der Waals surface area contributed by atoms with Crippen LogP contribution in [0.1, 0.15) is 16.7 Å².